The van der Waals surface area contributed by atoms with Gasteiger partial charge in [-0.1, -0.05) is 0 Å². The molecule has 0 aliphatic heterocycles. The Labute approximate surface area is 161 Å². The molecule has 1 aromatic rings. The number of nitrogens with zero attached hydrogens (tertiary/aromatic N) is 2. The van der Waals surface area contributed by atoms with Crippen LogP contribution in [0.4, 0.5) is 0 Å². The molecule has 0 bridgehead atoms. The highest BCUT2D eigenvalue weighted by molar-refractivity contribution is 6.06. The lowest BCUT2D eigenvalue weighted by Crippen LogP contribution is -2.43. The van der Waals surface area contributed by atoms with Gasteiger partial charge in [0, 0.05) is 44.5 Å². The van der Waals surface area contributed by atoms with Gasteiger partial charge in [0.1, 0.15) is 5.69 Å². The van der Waals surface area contributed by atoms with Gasteiger partial charge in [-0.05, 0) is 46.6 Å². The predicted octanol–water partition coefficient (Wildman–Crippen LogP) is 2.76. The van der Waals surface area contributed by atoms with Crippen molar-refractivity contribution >= 4 is 17.7 Å². The lowest BCUT2D eigenvalue weighted by Gasteiger charge is -2.27. The number of Topliss-reactive ketones (excluding diaryl/α,β-unsaturated/α-hetero) is 1. The molecule has 0 radical (unpaired) electrons. The Hall–Kier alpha value is -2.15. The highest BCUT2D eigenvalue weighted by Gasteiger charge is 2.31. The molecule has 1 atom stereocenters. The minimum absolute atomic E-state index is 0.161. The van der Waals surface area contributed by atoms with Gasteiger partial charge < -0.3 is 18.9 Å². The van der Waals surface area contributed by atoms with Crippen LogP contribution in [0.1, 0.15) is 66.2 Å². The first-order valence-corrected chi connectivity index (χ1v) is 9.39. The average Bonchev–Trinajstić information content (AvgIpc) is 2.89. The molecule has 7 nitrogen and oxygen atoms in total. The molecule has 0 aromatic carbocycles. The van der Waals surface area contributed by atoms with Crippen LogP contribution in [0.25, 0.3) is 0 Å². The van der Waals surface area contributed by atoms with Gasteiger partial charge in [0.25, 0.3) is 0 Å². The predicted molar refractivity (Wildman–Crippen MR) is 103 cm³/mol. The zero-order valence-electron chi connectivity index (χ0n) is 17.5. The number of esters is 1. The number of hydrogen-bond acceptors (Lipinski definition) is 5. The number of carbonyl (C=O) groups is 3. The molecule has 0 N–H and O–H groups in total. The van der Waals surface area contributed by atoms with E-state index in [1.165, 1.54) is 14.0 Å². The average molecular weight is 380 g/mol. The Kier molecular flexibility index (Phi) is 8.69. The zero-order valence-corrected chi connectivity index (χ0v) is 17.5. The van der Waals surface area contributed by atoms with E-state index in [1.54, 1.807) is 23.3 Å². The van der Waals surface area contributed by atoms with Gasteiger partial charge in [-0.3, -0.25) is 9.59 Å². The summed E-state index contributed by atoms with van der Waals surface area (Å²) < 4.78 is 12.0. The Morgan fingerprint density at radius 2 is 1.81 bits per heavy atom. The summed E-state index contributed by atoms with van der Waals surface area (Å²) in [6, 6.07) is -0.625. The summed E-state index contributed by atoms with van der Waals surface area (Å²) in [7, 11) is 1.32. The molecule has 1 rings (SSSR count). The fourth-order valence-electron chi connectivity index (χ4n) is 3.47. The number of amides is 1. The Bertz CT molecular complexity index is 693. The van der Waals surface area contributed by atoms with Crippen LogP contribution in [-0.4, -0.2) is 60.0 Å². The largest absolute Gasteiger partial charge is 0.464 e. The molecule has 1 unspecified atom stereocenters. The van der Waals surface area contributed by atoms with Crippen molar-refractivity contribution in [3.05, 3.63) is 22.5 Å². The Morgan fingerprint density at radius 1 is 1.19 bits per heavy atom. The number of hydrogen-bond donors (Lipinski definition) is 0. The molecule has 0 saturated carbocycles. The van der Waals surface area contributed by atoms with Gasteiger partial charge >= 0.3 is 5.97 Å². The van der Waals surface area contributed by atoms with Crippen LogP contribution in [0.15, 0.2) is 0 Å². The maximum absolute atomic E-state index is 13.2. The van der Waals surface area contributed by atoms with Crippen molar-refractivity contribution < 1.29 is 23.9 Å². The van der Waals surface area contributed by atoms with Crippen LogP contribution in [-0.2, 0) is 20.8 Å². The number of ketones is 1. The van der Waals surface area contributed by atoms with Gasteiger partial charge in [0.15, 0.2) is 5.78 Å². The fraction of sp³-hybridized carbons (Fsp3) is 0.650. The maximum atomic E-state index is 13.2. The van der Waals surface area contributed by atoms with Gasteiger partial charge in [-0.2, -0.15) is 0 Å². The summed E-state index contributed by atoms with van der Waals surface area (Å²) in [4.78, 5) is 39.1. The van der Waals surface area contributed by atoms with Gasteiger partial charge in [0.2, 0.25) is 5.91 Å². The van der Waals surface area contributed by atoms with Crippen LogP contribution in [0, 0.1) is 13.8 Å². The molecule has 1 amide bonds. The van der Waals surface area contributed by atoms with Crippen LogP contribution in [0.2, 0.25) is 0 Å². The molecule has 152 valence electrons. The second-order valence-corrected chi connectivity index (χ2v) is 6.47. The smallest absolute Gasteiger partial charge is 0.354 e. The summed E-state index contributed by atoms with van der Waals surface area (Å²) in [6.07, 6.45) is 0.659. The van der Waals surface area contributed by atoms with Crippen molar-refractivity contribution in [3.63, 3.8) is 0 Å². The molecule has 0 saturated heterocycles. The topological polar surface area (TPSA) is 77.8 Å². The third kappa shape index (κ3) is 4.97. The zero-order chi connectivity index (χ0) is 20.7. The van der Waals surface area contributed by atoms with Crippen LogP contribution >= 0.6 is 0 Å². The van der Waals surface area contributed by atoms with E-state index >= 15 is 0 Å². The van der Waals surface area contributed by atoms with Crippen molar-refractivity contribution in [2.45, 2.75) is 60.5 Å². The van der Waals surface area contributed by atoms with Gasteiger partial charge in [-0.25, -0.2) is 4.79 Å². The molecule has 0 spiro atoms. The molecule has 0 aliphatic rings. The molecule has 1 aromatic heterocycles. The minimum Gasteiger partial charge on any atom is -0.464 e. The summed E-state index contributed by atoms with van der Waals surface area (Å²) in [5, 5.41) is 0. The van der Waals surface area contributed by atoms with Crippen molar-refractivity contribution in [2.24, 2.45) is 0 Å². The van der Waals surface area contributed by atoms with E-state index in [1.807, 2.05) is 20.8 Å². The molecule has 0 aliphatic carbocycles. The molecular weight excluding hydrogens is 348 g/mol. The number of ether oxygens (including phenoxy) is 2. The Balaban J connectivity index is 3.20. The van der Waals surface area contributed by atoms with Crippen LogP contribution in [0.5, 0.6) is 0 Å². The fourth-order valence-corrected chi connectivity index (χ4v) is 3.47. The number of aromatic nitrogens is 1. The lowest BCUT2D eigenvalue weighted by atomic mass is 9.99. The normalized spacial score (nSPS) is 12.0. The monoisotopic (exact) mass is 380 g/mol. The summed E-state index contributed by atoms with van der Waals surface area (Å²) in [5.41, 5.74) is 2.18. The highest BCUT2D eigenvalue weighted by Crippen LogP contribution is 2.25. The third-order valence-electron chi connectivity index (χ3n) is 4.85. The van der Waals surface area contributed by atoms with E-state index in [2.05, 4.69) is 0 Å². The molecular formula is C20H32N2O5. The van der Waals surface area contributed by atoms with E-state index in [0.29, 0.717) is 55.2 Å². The highest BCUT2D eigenvalue weighted by atomic mass is 16.5. The first-order valence-electron chi connectivity index (χ1n) is 9.39. The maximum Gasteiger partial charge on any atom is 0.354 e. The van der Waals surface area contributed by atoms with Gasteiger partial charge in [-0.15, -0.1) is 0 Å². The summed E-state index contributed by atoms with van der Waals surface area (Å²) in [6.45, 7) is 12.7. The lowest BCUT2D eigenvalue weighted by molar-refractivity contribution is -0.130. The summed E-state index contributed by atoms with van der Waals surface area (Å²) in [5.74, 6) is -0.802. The van der Waals surface area contributed by atoms with E-state index < -0.39 is 12.0 Å². The molecule has 27 heavy (non-hydrogen) atoms. The van der Waals surface area contributed by atoms with Crippen molar-refractivity contribution in [1.82, 2.24) is 9.47 Å². The molecule has 1 heterocycles. The van der Waals surface area contributed by atoms with E-state index in [4.69, 9.17) is 9.47 Å². The molecule has 0 fully saturated rings. The van der Waals surface area contributed by atoms with E-state index in [9.17, 15) is 14.4 Å². The van der Waals surface area contributed by atoms with Crippen LogP contribution in [0.3, 0.4) is 0 Å². The summed E-state index contributed by atoms with van der Waals surface area (Å²) >= 11 is 0. The third-order valence-corrected chi connectivity index (χ3v) is 4.85. The minimum atomic E-state index is -0.625. The van der Waals surface area contributed by atoms with E-state index in [-0.39, 0.29) is 11.7 Å². The second-order valence-electron chi connectivity index (χ2n) is 6.47. The van der Waals surface area contributed by atoms with Crippen molar-refractivity contribution in [1.29, 1.82) is 0 Å². The van der Waals surface area contributed by atoms with Crippen molar-refractivity contribution in [3.8, 4) is 0 Å². The quantitative estimate of drug-likeness (QED) is 0.354. The second kappa shape index (κ2) is 10.3. The SMILES string of the molecule is CCOCCCN(C(C)=O)C(C)C(=O)c1c(C)c(C(=O)OC)n(CC)c1C. The van der Waals surface area contributed by atoms with E-state index in [0.717, 1.165) is 0 Å². The first-order chi connectivity index (χ1) is 12.7. The van der Waals surface area contributed by atoms with Gasteiger partial charge in [0.05, 0.1) is 13.2 Å². The van der Waals surface area contributed by atoms with Crippen LogP contribution < -0.4 is 0 Å². The number of rotatable bonds is 10. The number of carbonyl (C=O) groups excluding carboxylic acids is 3. The molecule has 7 heteroatoms. The van der Waals surface area contributed by atoms with Crippen molar-refractivity contribution in [2.75, 3.05) is 26.9 Å². The number of methoxy groups -OCH3 is 1. The first kappa shape index (κ1) is 22.9. The Morgan fingerprint density at radius 3 is 2.30 bits per heavy atom. The standard InChI is InChI=1S/C20H32N2O5/c1-8-21-14(4)17(13(3)18(21)20(25)26-7)19(24)15(5)22(16(6)23)11-10-12-27-9-2/h15H,8-12H2,1-7H3.